The highest BCUT2D eigenvalue weighted by Crippen LogP contribution is 2.32. The largest absolute Gasteiger partial charge is 0.454 e. The quantitative estimate of drug-likeness (QED) is 0.762. The van der Waals surface area contributed by atoms with Crippen LogP contribution in [0, 0.1) is 0 Å². The third-order valence-electron chi connectivity index (χ3n) is 3.70. The van der Waals surface area contributed by atoms with E-state index in [-0.39, 0.29) is 12.8 Å². The van der Waals surface area contributed by atoms with Gasteiger partial charge in [0.15, 0.2) is 23.1 Å². The molecular weight excluding hydrogens is 322 g/mol. The Labute approximate surface area is 143 Å². The lowest BCUT2D eigenvalue weighted by Gasteiger charge is -2.06. The Morgan fingerprint density at radius 3 is 2.76 bits per heavy atom. The maximum absolute atomic E-state index is 12.0. The summed E-state index contributed by atoms with van der Waals surface area (Å²) in [6, 6.07) is 16.4. The lowest BCUT2D eigenvalue weighted by molar-refractivity contribution is 0.174. The van der Waals surface area contributed by atoms with E-state index in [0.717, 1.165) is 11.1 Å². The zero-order valence-electron chi connectivity index (χ0n) is 13.2. The van der Waals surface area contributed by atoms with Crippen molar-refractivity contribution in [3.63, 3.8) is 0 Å². The molecule has 0 saturated carbocycles. The van der Waals surface area contributed by atoms with Gasteiger partial charge in [0.05, 0.1) is 0 Å². The first-order chi connectivity index (χ1) is 12.3. The van der Waals surface area contributed by atoms with E-state index in [1.165, 1.54) is 0 Å². The van der Waals surface area contributed by atoms with Gasteiger partial charge >= 0.3 is 6.03 Å². The minimum atomic E-state index is -0.370. The summed E-state index contributed by atoms with van der Waals surface area (Å²) < 4.78 is 15.8. The molecule has 25 heavy (non-hydrogen) atoms. The van der Waals surface area contributed by atoms with Gasteiger partial charge in [0.2, 0.25) is 6.79 Å². The first kappa shape index (κ1) is 15.1. The smallest absolute Gasteiger partial charge is 0.320 e. The van der Waals surface area contributed by atoms with Crippen molar-refractivity contribution in [2.45, 2.75) is 6.54 Å². The van der Waals surface area contributed by atoms with Crippen molar-refractivity contribution >= 4 is 11.8 Å². The molecule has 0 atom stereocenters. The van der Waals surface area contributed by atoms with Gasteiger partial charge in [-0.15, -0.1) is 0 Å². The minimum Gasteiger partial charge on any atom is -0.454 e. The fraction of sp³-hybridized carbons (Fsp3) is 0.111. The predicted octanol–water partition coefficient (Wildman–Crippen LogP) is 3.39. The maximum atomic E-state index is 12.0. The van der Waals surface area contributed by atoms with Crippen molar-refractivity contribution in [2.24, 2.45) is 0 Å². The maximum Gasteiger partial charge on any atom is 0.320 e. The number of nitrogens with one attached hydrogen (secondary N) is 2. The molecule has 0 aliphatic carbocycles. The summed E-state index contributed by atoms with van der Waals surface area (Å²) in [6.45, 7) is 0.578. The second-order valence-electron chi connectivity index (χ2n) is 5.44. The molecule has 2 aromatic carbocycles. The number of anilines is 1. The Morgan fingerprint density at radius 1 is 1.04 bits per heavy atom. The molecule has 0 fully saturated rings. The van der Waals surface area contributed by atoms with Gasteiger partial charge in [-0.25, -0.2) is 4.79 Å². The Bertz CT molecular complexity index is 892. The summed E-state index contributed by atoms with van der Waals surface area (Å²) in [5.74, 6) is 2.33. The van der Waals surface area contributed by atoms with Crippen LogP contribution in [0.1, 0.15) is 5.56 Å². The second kappa shape index (κ2) is 6.56. The van der Waals surface area contributed by atoms with Crippen molar-refractivity contribution in [3.05, 3.63) is 60.2 Å². The predicted molar refractivity (Wildman–Crippen MR) is 90.4 cm³/mol. The number of hydrogen-bond donors (Lipinski definition) is 2. The summed E-state index contributed by atoms with van der Waals surface area (Å²) in [6.07, 6.45) is 0. The van der Waals surface area contributed by atoms with E-state index in [0.29, 0.717) is 29.6 Å². The molecule has 126 valence electrons. The van der Waals surface area contributed by atoms with E-state index in [1.807, 2.05) is 48.5 Å². The topological polar surface area (TPSA) is 85.6 Å². The van der Waals surface area contributed by atoms with Crippen molar-refractivity contribution in [1.82, 2.24) is 10.5 Å². The van der Waals surface area contributed by atoms with Crippen LogP contribution in [0.4, 0.5) is 10.6 Å². The molecule has 2 N–H and O–H groups in total. The lowest BCUT2D eigenvalue weighted by atomic mass is 10.2. The molecule has 1 aliphatic heterocycles. The van der Waals surface area contributed by atoms with Crippen LogP contribution in [-0.4, -0.2) is 18.0 Å². The summed E-state index contributed by atoms with van der Waals surface area (Å²) in [4.78, 5) is 12.0. The molecular formula is C18H15N3O4. The zero-order chi connectivity index (χ0) is 17.1. The molecule has 2 heterocycles. The fourth-order valence-electron chi connectivity index (χ4n) is 2.47. The van der Waals surface area contributed by atoms with Gasteiger partial charge in [-0.3, -0.25) is 5.32 Å². The van der Waals surface area contributed by atoms with Crippen LogP contribution < -0.4 is 20.1 Å². The van der Waals surface area contributed by atoms with Crippen LogP contribution in [0.5, 0.6) is 11.5 Å². The number of nitrogens with zero attached hydrogens (tertiary/aromatic N) is 1. The van der Waals surface area contributed by atoms with Gasteiger partial charge in [0, 0.05) is 18.2 Å². The van der Waals surface area contributed by atoms with Crippen LogP contribution in [0.2, 0.25) is 0 Å². The molecule has 0 unspecified atom stereocenters. The molecule has 7 nitrogen and oxygen atoms in total. The van der Waals surface area contributed by atoms with Crippen molar-refractivity contribution < 1.29 is 18.8 Å². The Kier molecular flexibility index (Phi) is 3.96. The number of aromatic nitrogens is 1. The van der Waals surface area contributed by atoms with Gasteiger partial charge in [-0.1, -0.05) is 41.6 Å². The number of ether oxygens (including phenoxy) is 2. The summed E-state index contributed by atoms with van der Waals surface area (Å²) in [5, 5.41) is 9.25. The molecule has 0 saturated heterocycles. The third-order valence-corrected chi connectivity index (χ3v) is 3.70. The fourth-order valence-corrected chi connectivity index (χ4v) is 2.47. The van der Waals surface area contributed by atoms with Crippen molar-refractivity contribution in [2.75, 3.05) is 12.1 Å². The molecule has 2 amide bonds. The van der Waals surface area contributed by atoms with Gasteiger partial charge < -0.3 is 19.3 Å². The van der Waals surface area contributed by atoms with E-state index >= 15 is 0 Å². The van der Waals surface area contributed by atoms with Crippen LogP contribution in [0.15, 0.2) is 59.1 Å². The number of benzene rings is 2. The average Bonchev–Trinajstić information content (AvgIpc) is 3.29. The van der Waals surface area contributed by atoms with E-state index in [1.54, 1.807) is 6.07 Å². The molecule has 4 rings (SSSR count). The SMILES string of the molecule is O=C(NCc1ccc2c(c1)OCO2)Nc1cc(-c2ccccc2)on1. The number of amides is 2. The second-order valence-corrected chi connectivity index (χ2v) is 5.44. The first-order valence-corrected chi connectivity index (χ1v) is 7.73. The number of fused-ring (bicyclic) bond motifs is 1. The molecule has 1 aromatic heterocycles. The summed E-state index contributed by atoms with van der Waals surface area (Å²) in [5.41, 5.74) is 1.80. The van der Waals surface area contributed by atoms with Crippen LogP contribution in [-0.2, 0) is 6.54 Å². The van der Waals surface area contributed by atoms with Crippen molar-refractivity contribution in [1.29, 1.82) is 0 Å². The third kappa shape index (κ3) is 3.40. The Morgan fingerprint density at radius 2 is 1.88 bits per heavy atom. The molecule has 3 aromatic rings. The zero-order valence-corrected chi connectivity index (χ0v) is 13.2. The highest BCUT2D eigenvalue weighted by atomic mass is 16.7. The number of urea groups is 1. The van der Waals surface area contributed by atoms with Gasteiger partial charge in [0.25, 0.3) is 0 Å². The standard InChI is InChI=1S/C18H15N3O4/c22-18(19-10-12-6-7-14-16(8-12)24-11-23-14)20-17-9-15(25-21-17)13-4-2-1-3-5-13/h1-9H,10-11H2,(H2,19,20,21,22). The normalized spacial score (nSPS) is 12.0. The molecule has 0 bridgehead atoms. The summed E-state index contributed by atoms with van der Waals surface area (Å²) in [7, 11) is 0. The Balaban J connectivity index is 1.34. The van der Waals surface area contributed by atoms with Crippen molar-refractivity contribution in [3.8, 4) is 22.8 Å². The first-order valence-electron chi connectivity index (χ1n) is 7.73. The highest BCUT2D eigenvalue weighted by Gasteiger charge is 2.14. The molecule has 0 spiro atoms. The molecule has 0 radical (unpaired) electrons. The van der Waals surface area contributed by atoms with Gasteiger partial charge in [-0.2, -0.15) is 0 Å². The summed E-state index contributed by atoms with van der Waals surface area (Å²) >= 11 is 0. The number of carbonyl (C=O) groups excluding carboxylic acids is 1. The monoisotopic (exact) mass is 337 g/mol. The van der Waals surface area contributed by atoms with E-state index in [4.69, 9.17) is 14.0 Å². The highest BCUT2D eigenvalue weighted by molar-refractivity contribution is 5.88. The van der Waals surface area contributed by atoms with Crippen LogP contribution in [0.25, 0.3) is 11.3 Å². The minimum absolute atomic E-state index is 0.225. The van der Waals surface area contributed by atoms with Gasteiger partial charge in [0.1, 0.15) is 0 Å². The van der Waals surface area contributed by atoms with E-state index in [9.17, 15) is 4.79 Å². The van der Waals surface area contributed by atoms with E-state index in [2.05, 4.69) is 15.8 Å². The number of rotatable bonds is 4. The Hall–Kier alpha value is -3.48. The number of carbonyl (C=O) groups is 1. The molecule has 1 aliphatic rings. The average molecular weight is 337 g/mol. The van der Waals surface area contributed by atoms with Gasteiger partial charge in [-0.05, 0) is 17.7 Å². The number of hydrogen-bond acceptors (Lipinski definition) is 5. The molecule has 7 heteroatoms. The van der Waals surface area contributed by atoms with Crippen LogP contribution >= 0.6 is 0 Å². The lowest BCUT2D eigenvalue weighted by Crippen LogP contribution is -2.28. The van der Waals surface area contributed by atoms with Crippen LogP contribution in [0.3, 0.4) is 0 Å². The van der Waals surface area contributed by atoms with E-state index < -0.39 is 0 Å².